The highest BCUT2D eigenvalue weighted by Crippen LogP contribution is 2.73. The summed E-state index contributed by atoms with van der Waals surface area (Å²) in [6.07, 6.45) is -17.1. The molecule has 0 aromatic heterocycles. The Morgan fingerprint density at radius 1 is 0.234 bits per heavy atom. The SMILES string of the molecule is CCN(CCOP(=O)(O)OCCN(CC)S(=O)(=O)C(F)(F)C(F)(F)C(F)(F)C(F)(F)C(F)(F)C(F)(F)C(F)(F)C(F)(F)C(F)(F)C(F)(F)C(F)(F)C(F)(F)C(F)(F)C(F)(F)F)S(=O)(=O)C(F)(F)C(F)(F)C(F)(F)C(F)(F)C(F)(F)C(F)(F)C(F)(F)C(F)(F)C(F)(F)C(F)(F)C(F)(F)C(F)(F)C(F)(F)C(F)(F)F. The molecule has 107 heavy (non-hydrogen) atoms. The van der Waals surface area contributed by atoms with Gasteiger partial charge in [-0.1, -0.05) is 13.8 Å². The number of halogens is 58. The Bertz CT molecular complexity index is 3230. The highest BCUT2D eigenvalue weighted by Gasteiger charge is 3.04. The van der Waals surface area contributed by atoms with Crippen LogP contribution < -0.4 is 0 Å². The molecule has 0 saturated carbocycles. The summed E-state index contributed by atoms with van der Waals surface area (Å²) < 4.78 is 874. The van der Waals surface area contributed by atoms with E-state index in [-0.39, 0.29) is 13.8 Å². The molecule has 0 aliphatic heterocycles. The van der Waals surface area contributed by atoms with E-state index < -0.39 is 241 Å². The van der Waals surface area contributed by atoms with Crippen LogP contribution in [-0.4, -0.2) is 235 Å². The molecule has 0 atom stereocenters. The zero-order valence-corrected chi connectivity index (χ0v) is 50.2. The van der Waals surface area contributed by atoms with Gasteiger partial charge in [-0.15, -0.1) is 0 Å². The molecule has 0 spiro atoms. The molecule has 0 aliphatic rings. The lowest BCUT2D eigenvalue weighted by molar-refractivity contribution is -0.486. The molecule has 0 amide bonds. The third-order valence-corrected chi connectivity index (χ3v) is 18.4. The van der Waals surface area contributed by atoms with Crippen LogP contribution in [0.1, 0.15) is 13.8 Å². The monoisotopic (exact) mass is 1800 g/mol. The zero-order valence-electron chi connectivity index (χ0n) is 47.6. The second-order valence-electron chi connectivity index (χ2n) is 19.9. The van der Waals surface area contributed by atoms with E-state index in [1.54, 1.807) is 0 Å². The van der Waals surface area contributed by atoms with Crippen molar-refractivity contribution in [2.24, 2.45) is 0 Å². The van der Waals surface area contributed by atoms with Crippen molar-refractivity contribution in [2.45, 2.75) is 179 Å². The fourth-order valence-corrected chi connectivity index (χ4v) is 10.3. The highest BCUT2D eigenvalue weighted by atomic mass is 32.2. The number of rotatable bonds is 38. The minimum absolute atomic E-state index is 0.255. The number of phosphoric acid groups is 1. The van der Waals surface area contributed by atoms with Gasteiger partial charge < -0.3 is 4.89 Å². The largest absolute Gasteiger partial charge is 0.472 e. The Kier molecular flexibility index (Phi) is 26.0. The van der Waals surface area contributed by atoms with Gasteiger partial charge in [0.15, 0.2) is 0 Å². The minimum atomic E-state index is -10.4. The van der Waals surface area contributed by atoms with Crippen molar-refractivity contribution < 1.29 is 290 Å². The molecule has 0 unspecified atom stereocenters. The van der Waals surface area contributed by atoms with Crippen LogP contribution in [0.3, 0.4) is 0 Å². The van der Waals surface area contributed by atoms with Crippen LogP contribution in [0.25, 0.3) is 0 Å². The smallest absolute Gasteiger partial charge is 0.302 e. The van der Waals surface area contributed by atoms with Crippen molar-refractivity contribution in [3.63, 3.8) is 0 Å². The van der Waals surface area contributed by atoms with Gasteiger partial charge in [0.05, 0.1) is 13.2 Å². The molecule has 0 aromatic rings. The molecule has 10 nitrogen and oxygen atoms in total. The van der Waals surface area contributed by atoms with E-state index in [1.165, 1.54) is 0 Å². The number of phosphoric ester groups is 1. The van der Waals surface area contributed by atoms with Gasteiger partial charge in [-0.25, -0.2) is 21.4 Å². The van der Waals surface area contributed by atoms with E-state index in [2.05, 4.69) is 9.05 Å². The summed E-state index contributed by atoms with van der Waals surface area (Å²) in [4.78, 5) is 9.57. The lowest BCUT2D eigenvalue weighted by Gasteiger charge is -2.46. The predicted octanol–water partition coefficient (Wildman–Crippen LogP) is 18.0. The van der Waals surface area contributed by atoms with Crippen LogP contribution in [0.2, 0.25) is 0 Å². The topological polar surface area (TPSA) is 131 Å². The molecule has 0 fully saturated rings. The van der Waals surface area contributed by atoms with Crippen LogP contribution in [0.15, 0.2) is 0 Å². The summed E-state index contributed by atoms with van der Waals surface area (Å²) in [5, 5.41) is -17.6. The van der Waals surface area contributed by atoms with Crippen LogP contribution in [0.4, 0.5) is 255 Å². The van der Waals surface area contributed by atoms with Crippen molar-refractivity contribution in [3.05, 3.63) is 0 Å². The lowest BCUT2D eigenvalue weighted by Crippen LogP contribution is -2.79. The molecule has 644 valence electrons. The van der Waals surface area contributed by atoms with E-state index in [1.807, 2.05) is 0 Å². The standard InChI is InChI=1S/C36H19F58N2O8PS2/c1-3-95(106(99,100)35(91,92)31(81,82)27(73,74)23(65,66)19(57,58)15(49,50)11(41,42)9(37,38)13(45,46)17(53,54)21(61,62)25(69,70)29(77,78)33(85,86)87)5-7-103-105(97,98)104-8-6-96(4-2)107(101,102)36(93,94)32(83,84)28(75,76)24(67,68)20(59,60)16(51,52)12(43,44)10(39,40)14(47,48)18(55,56)22(63,64)26(71,72)30(79,80)34(88,89)90/h3-8H2,1-2H3,(H,97,98). The molecule has 0 radical (unpaired) electrons. The van der Waals surface area contributed by atoms with E-state index in [0.717, 1.165) is 0 Å². The Morgan fingerprint density at radius 2 is 0.346 bits per heavy atom. The van der Waals surface area contributed by atoms with E-state index in [0.29, 0.717) is 0 Å². The average molecular weight is 1800 g/mol. The van der Waals surface area contributed by atoms with Crippen LogP contribution in [0, 0.1) is 0 Å². The van der Waals surface area contributed by atoms with Crippen LogP contribution >= 0.6 is 7.82 Å². The van der Waals surface area contributed by atoms with Crippen molar-refractivity contribution in [1.82, 2.24) is 8.61 Å². The van der Waals surface area contributed by atoms with E-state index in [9.17, 15) is 281 Å². The van der Waals surface area contributed by atoms with Gasteiger partial charge >= 0.3 is 173 Å². The number of alkyl halides is 58. The maximum absolute atomic E-state index is 14.9. The van der Waals surface area contributed by atoms with Gasteiger partial charge in [-0.2, -0.15) is 263 Å². The van der Waals surface area contributed by atoms with E-state index >= 15 is 0 Å². The fourth-order valence-electron chi connectivity index (χ4n) is 6.76. The Balaban J connectivity index is 7.34. The van der Waals surface area contributed by atoms with Crippen molar-refractivity contribution >= 4 is 27.9 Å². The first-order valence-corrected chi connectivity index (χ1v) is 28.3. The van der Waals surface area contributed by atoms with Crippen LogP contribution in [-0.2, 0) is 33.7 Å². The van der Waals surface area contributed by atoms with Crippen molar-refractivity contribution in [1.29, 1.82) is 0 Å². The Labute approximate surface area is 545 Å². The quantitative estimate of drug-likeness (QED) is 0.0478. The Morgan fingerprint density at radius 3 is 0.458 bits per heavy atom. The molecule has 0 saturated heterocycles. The molecular formula is C36H19F58N2O8PS2. The van der Waals surface area contributed by atoms with Crippen molar-refractivity contribution in [3.8, 4) is 0 Å². The summed E-state index contributed by atoms with van der Waals surface area (Å²) in [6, 6.07) is 0. The summed E-state index contributed by atoms with van der Waals surface area (Å²) in [5.41, 5.74) is 0. The van der Waals surface area contributed by atoms with Gasteiger partial charge in [0.25, 0.3) is 20.0 Å². The predicted molar refractivity (Wildman–Crippen MR) is 215 cm³/mol. The molecule has 0 rings (SSSR count). The molecule has 1 N–H and O–H groups in total. The number of sulfonamides is 2. The fraction of sp³-hybridized carbons (Fsp3) is 1.00. The number of hydrogen-bond acceptors (Lipinski definition) is 7. The average Bonchev–Trinajstić information content (AvgIpc) is 0.683. The number of likely N-dealkylation sites (N-methyl/N-ethyl adjacent to an activating group) is 2. The molecule has 0 aromatic carbocycles. The maximum Gasteiger partial charge on any atom is 0.472 e. The third-order valence-electron chi connectivity index (χ3n) is 13.3. The molecule has 0 heterocycles. The molecular weight excluding hydrogens is 1790 g/mol. The Hall–Kier alpha value is -4.13. The third kappa shape index (κ3) is 13.2. The van der Waals surface area contributed by atoms with Crippen molar-refractivity contribution in [2.75, 3.05) is 39.4 Å². The molecule has 0 bridgehead atoms. The second kappa shape index (κ2) is 27.0. The number of hydrogen-bond donors (Lipinski definition) is 1. The van der Waals surface area contributed by atoms with Gasteiger partial charge in [0, 0.05) is 26.2 Å². The van der Waals surface area contributed by atoms with Gasteiger partial charge in [0.2, 0.25) is 0 Å². The summed E-state index contributed by atoms with van der Waals surface area (Å²) in [6.45, 7) is -16.7. The first-order valence-electron chi connectivity index (χ1n) is 23.9. The zero-order chi connectivity index (χ0) is 88.3. The molecule has 0 aliphatic carbocycles. The lowest BCUT2D eigenvalue weighted by atomic mass is 9.84. The summed E-state index contributed by atoms with van der Waals surface area (Å²) in [5.74, 6) is -241. The first kappa shape index (κ1) is 103. The number of nitrogens with zero attached hydrogens (tertiary/aromatic N) is 2. The van der Waals surface area contributed by atoms with E-state index in [4.69, 9.17) is 0 Å². The van der Waals surface area contributed by atoms with Gasteiger partial charge in [-0.3, -0.25) is 9.05 Å². The maximum atomic E-state index is 14.9. The summed E-state index contributed by atoms with van der Waals surface area (Å²) in [7, 11) is -24.4. The first-order chi connectivity index (χ1) is 45.3. The van der Waals surface area contributed by atoms with Gasteiger partial charge in [-0.05, 0) is 0 Å². The second-order valence-corrected chi connectivity index (χ2v) is 25.4. The highest BCUT2D eigenvalue weighted by molar-refractivity contribution is 7.90. The van der Waals surface area contributed by atoms with Gasteiger partial charge in [0.1, 0.15) is 0 Å². The van der Waals surface area contributed by atoms with Crippen LogP contribution in [0.5, 0.6) is 0 Å². The normalized spacial score (nSPS) is 17.1. The minimum Gasteiger partial charge on any atom is -0.302 e. The summed E-state index contributed by atoms with van der Waals surface area (Å²) >= 11 is 0. The molecule has 71 heteroatoms.